The third-order valence-corrected chi connectivity index (χ3v) is 7.58. The molecule has 0 amide bonds. The predicted molar refractivity (Wildman–Crippen MR) is 142 cm³/mol. The Bertz CT molecular complexity index is 1630. The van der Waals surface area contributed by atoms with E-state index in [-0.39, 0.29) is 17.8 Å². The Kier molecular flexibility index (Phi) is 8.55. The maximum atomic E-state index is 16.3. The van der Waals surface area contributed by atoms with Crippen LogP contribution in [-0.2, 0) is 26.1 Å². The zero-order valence-electron chi connectivity index (χ0n) is 21.9. The molecule has 40 heavy (non-hydrogen) atoms. The van der Waals surface area contributed by atoms with Crippen LogP contribution < -0.4 is 4.31 Å². The van der Waals surface area contributed by atoms with Crippen LogP contribution in [0.25, 0.3) is 22.4 Å². The number of sulfonamides is 1. The van der Waals surface area contributed by atoms with Gasteiger partial charge in [0.1, 0.15) is 22.2 Å². The van der Waals surface area contributed by atoms with Gasteiger partial charge in [0, 0.05) is 36.3 Å². The second-order valence-corrected chi connectivity index (χ2v) is 10.8. The fourth-order valence-electron chi connectivity index (χ4n) is 3.92. The smallest absolute Gasteiger partial charge is 0.321 e. The van der Waals surface area contributed by atoms with Crippen molar-refractivity contribution in [2.75, 3.05) is 31.7 Å². The Labute approximate surface area is 229 Å². The molecule has 0 atom stereocenters. The summed E-state index contributed by atoms with van der Waals surface area (Å²) in [6, 6.07) is 9.25. The fraction of sp³-hybridized carbons (Fsp3) is 0.222. The van der Waals surface area contributed by atoms with E-state index in [1.165, 1.54) is 17.0 Å². The number of pyridine rings is 1. The number of carbonyl (C=O) groups is 1. The number of anilines is 1. The number of halogens is 3. The van der Waals surface area contributed by atoms with Gasteiger partial charge in [-0.1, -0.05) is 6.07 Å². The Morgan fingerprint density at radius 1 is 1.02 bits per heavy atom. The van der Waals surface area contributed by atoms with Crippen molar-refractivity contribution in [1.82, 2.24) is 19.7 Å². The van der Waals surface area contributed by atoms with Gasteiger partial charge in [0.2, 0.25) is 0 Å². The van der Waals surface area contributed by atoms with Crippen molar-refractivity contribution in [2.45, 2.75) is 18.4 Å². The quantitative estimate of drug-likeness (QED) is 0.206. The molecule has 4 aromatic rings. The predicted octanol–water partition coefficient (Wildman–Crippen LogP) is 4.31. The molecule has 0 bridgehead atoms. The first-order valence-electron chi connectivity index (χ1n) is 12.1. The standard InChI is InChI=1S/C27H26F3N5O4S/c1-4-34-15-21(18-10-12-31-13-11-18)27(32-34)20-6-5-7-23(26(20)30)35(17-39-25(36)16-33(2)3)40(37,38)24-14-19(28)8-9-22(24)29/h5-15H,4,16-17H2,1-3H3. The SMILES string of the molecule is CCn1cc(-c2ccncc2)c(-c2cccc(N(COC(=O)CN(C)C)S(=O)(=O)c3cc(F)ccc3F)c2F)n1. The number of rotatable bonds is 10. The van der Waals surface area contributed by atoms with E-state index < -0.39 is 50.8 Å². The van der Waals surface area contributed by atoms with E-state index in [9.17, 15) is 22.0 Å². The lowest BCUT2D eigenvalue weighted by molar-refractivity contribution is -0.143. The van der Waals surface area contributed by atoms with Gasteiger partial charge in [-0.25, -0.2) is 25.9 Å². The monoisotopic (exact) mass is 573 g/mol. The Hall–Kier alpha value is -4.23. The summed E-state index contributed by atoms with van der Waals surface area (Å²) in [5.41, 5.74) is 0.856. The highest BCUT2D eigenvalue weighted by Gasteiger charge is 2.33. The number of carbonyl (C=O) groups excluding carboxylic acids is 1. The highest BCUT2D eigenvalue weighted by molar-refractivity contribution is 7.92. The van der Waals surface area contributed by atoms with Gasteiger partial charge in [-0.05, 0) is 69.0 Å². The van der Waals surface area contributed by atoms with Crippen LogP contribution in [0.3, 0.4) is 0 Å². The molecular weight excluding hydrogens is 547 g/mol. The molecule has 0 spiro atoms. The molecule has 0 saturated heterocycles. The van der Waals surface area contributed by atoms with Gasteiger partial charge in [-0.2, -0.15) is 5.10 Å². The lowest BCUT2D eigenvalue weighted by atomic mass is 10.0. The number of likely N-dealkylation sites (N-methyl/N-ethyl adjacent to an activating group) is 1. The van der Waals surface area contributed by atoms with Crippen LogP contribution >= 0.6 is 0 Å². The number of nitrogens with zero attached hydrogens (tertiary/aromatic N) is 5. The van der Waals surface area contributed by atoms with E-state index in [1.54, 1.807) is 49.5 Å². The van der Waals surface area contributed by atoms with Crippen molar-refractivity contribution in [3.63, 3.8) is 0 Å². The van der Waals surface area contributed by atoms with Crippen molar-refractivity contribution < 1.29 is 31.1 Å². The minimum atomic E-state index is -4.96. The van der Waals surface area contributed by atoms with Gasteiger partial charge in [0.05, 0.1) is 12.2 Å². The Balaban J connectivity index is 1.87. The van der Waals surface area contributed by atoms with Gasteiger partial charge >= 0.3 is 5.97 Å². The molecule has 0 N–H and O–H groups in total. The first-order chi connectivity index (χ1) is 19.0. The van der Waals surface area contributed by atoms with Crippen molar-refractivity contribution in [3.8, 4) is 22.4 Å². The molecule has 210 valence electrons. The van der Waals surface area contributed by atoms with Crippen molar-refractivity contribution in [3.05, 3.63) is 84.6 Å². The van der Waals surface area contributed by atoms with Crippen molar-refractivity contribution >= 4 is 21.7 Å². The average Bonchev–Trinajstić information content (AvgIpc) is 3.35. The molecule has 9 nitrogen and oxygen atoms in total. The number of ether oxygens (including phenoxy) is 1. The first-order valence-corrected chi connectivity index (χ1v) is 13.5. The highest BCUT2D eigenvalue weighted by Crippen LogP contribution is 2.37. The molecule has 4 rings (SSSR count). The number of hydrogen-bond donors (Lipinski definition) is 0. The van der Waals surface area contributed by atoms with E-state index in [0.717, 1.165) is 12.1 Å². The molecule has 0 aliphatic heterocycles. The molecule has 0 unspecified atom stereocenters. The van der Waals surface area contributed by atoms with Crippen LogP contribution in [0.15, 0.2) is 72.0 Å². The van der Waals surface area contributed by atoms with Crippen molar-refractivity contribution in [1.29, 1.82) is 0 Å². The Morgan fingerprint density at radius 3 is 2.42 bits per heavy atom. The normalized spacial score (nSPS) is 11.6. The zero-order chi connectivity index (χ0) is 29.0. The lowest BCUT2D eigenvalue weighted by Gasteiger charge is -2.25. The molecule has 0 saturated carbocycles. The average molecular weight is 574 g/mol. The molecule has 0 aliphatic rings. The number of hydrogen-bond acceptors (Lipinski definition) is 7. The van der Waals surface area contributed by atoms with E-state index in [4.69, 9.17) is 4.74 Å². The number of aromatic nitrogens is 3. The second kappa shape index (κ2) is 11.9. The minimum Gasteiger partial charge on any atom is -0.442 e. The topological polar surface area (TPSA) is 97.6 Å². The maximum absolute atomic E-state index is 16.3. The molecule has 2 aromatic carbocycles. The van der Waals surface area contributed by atoms with Gasteiger partial charge in [0.15, 0.2) is 12.5 Å². The lowest BCUT2D eigenvalue weighted by Crippen LogP contribution is -2.37. The first kappa shape index (κ1) is 28.8. The summed E-state index contributed by atoms with van der Waals surface area (Å²) in [6.07, 6.45) is 4.86. The van der Waals surface area contributed by atoms with E-state index in [2.05, 4.69) is 10.1 Å². The molecule has 0 fully saturated rings. The van der Waals surface area contributed by atoms with Crippen LogP contribution in [-0.4, -0.2) is 61.4 Å². The largest absolute Gasteiger partial charge is 0.442 e. The van der Waals surface area contributed by atoms with Gasteiger partial charge in [-0.3, -0.25) is 19.4 Å². The van der Waals surface area contributed by atoms with Gasteiger partial charge in [0.25, 0.3) is 10.0 Å². The number of benzene rings is 2. The molecule has 2 heterocycles. The summed E-state index contributed by atoms with van der Waals surface area (Å²) in [5.74, 6) is -4.12. The van der Waals surface area contributed by atoms with E-state index in [1.807, 2.05) is 6.92 Å². The van der Waals surface area contributed by atoms with E-state index >= 15 is 4.39 Å². The summed E-state index contributed by atoms with van der Waals surface area (Å²) in [5, 5.41) is 4.48. The molecule has 0 radical (unpaired) electrons. The summed E-state index contributed by atoms with van der Waals surface area (Å²) in [7, 11) is -1.77. The van der Waals surface area contributed by atoms with Crippen LogP contribution in [0, 0.1) is 17.5 Å². The van der Waals surface area contributed by atoms with Gasteiger partial charge in [-0.15, -0.1) is 0 Å². The van der Waals surface area contributed by atoms with Gasteiger partial charge < -0.3 is 4.74 Å². The molecular formula is C27H26F3N5O4S. The third-order valence-electron chi connectivity index (χ3n) is 5.83. The summed E-state index contributed by atoms with van der Waals surface area (Å²) < 4.78 is 79.2. The Morgan fingerprint density at radius 2 is 1.75 bits per heavy atom. The van der Waals surface area contributed by atoms with Crippen LogP contribution in [0.5, 0.6) is 0 Å². The number of aryl methyl sites for hydroxylation is 1. The molecule has 0 aliphatic carbocycles. The maximum Gasteiger partial charge on any atom is 0.321 e. The van der Waals surface area contributed by atoms with E-state index in [0.29, 0.717) is 34.1 Å². The van der Waals surface area contributed by atoms with Crippen LogP contribution in [0.4, 0.5) is 18.9 Å². The van der Waals surface area contributed by atoms with Crippen LogP contribution in [0.1, 0.15) is 6.92 Å². The highest BCUT2D eigenvalue weighted by atomic mass is 32.2. The second-order valence-electron chi connectivity index (χ2n) is 8.93. The van der Waals surface area contributed by atoms with Crippen molar-refractivity contribution in [2.24, 2.45) is 0 Å². The number of esters is 1. The summed E-state index contributed by atoms with van der Waals surface area (Å²) >= 11 is 0. The third kappa shape index (κ3) is 6.00. The fourth-order valence-corrected chi connectivity index (χ4v) is 5.32. The zero-order valence-corrected chi connectivity index (χ0v) is 22.7. The van der Waals surface area contributed by atoms with Crippen LogP contribution in [0.2, 0.25) is 0 Å². The minimum absolute atomic E-state index is 0.0592. The molecule has 13 heteroatoms. The molecule has 2 aromatic heterocycles. The summed E-state index contributed by atoms with van der Waals surface area (Å²) in [6.45, 7) is 1.13. The summed E-state index contributed by atoms with van der Waals surface area (Å²) in [4.78, 5) is 16.7.